The van der Waals surface area contributed by atoms with Gasteiger partial charge < -0.3 is 20.4 Å². The van der Waals surface area contributed by atoms with Crippen molar-refractivity contribution >= 4 is 37.6 Å². The number of hydrogen-bond donors (Lipinski definition) is 2. The van der Waals surface area contributed by atoms with Crippen molar-refractivity contribution in [3.05, 3.63) is 54.2 Å². The highest BCUT2D eigenvalue weighted by atomic mass is 32.1. The van der Waals surface area contributed by atoms with Crippen molar-refractivity contribution in [3.63, 3.8) is 0 Å². The molecule has 0 amide bonds. The monoisotopic (exact) mass is 420 g/mol. The standard InChI is InChI=1S/C24H28N4OS/c1-29-18-7-9-21-19(14-18)17(15-26-21)6-8-20(25)16-10-12-28(13-11-16)24-27-22-4-2-3-5-23(22)30-24/h2-5,7,9,14-16,20,26H,6,8,10-13,25H2,1H3. The van der Waals surface area contributed by atoms with E-state index < -0.39 is 0 Å². The Morgan fingerprint density at radius 3 is 2.87 bits per heavy atom. The molecule has 1 aliphatic heterocycles. The molecule has 0 aliphatic carbocycles. The largest absolute Gasteiger partial charge is 0.497 e. The molecule has 156 valence electrons. The summed E-state index contributed by atoms with van der Waals surface area (Å²) < 4.78 is 6.65. The molecule has 1 fully saturated rings. The lowest BCUT2D eigenvalue weighted by Crippen LogP contribution is -2.41. The van der Waals surface area contributed by atoms with Gasteiger partial charge in [-0.2, -0.15) is 0 Å². The van der Waals surface area contributed by atoms with Gasteiger partial charge in [-0.15, -0.1) is 0 Å². The van der Waals surface area contributed by atoms with Crippen LogP contribution >= 0.6 is 11.3 Å². The van der Waals surface area contributed by atoms with Crippen LogP contribution in [0.25, 0.3) is 21.1 Å². The average Bonchev–Trinajstić information content (AvgIpc) is 3.41. The van der Waals surface area contributed by atoms with Gasteiger partial charge in [0, 0.05) is 36.2 Å². The van der Waals surface area contributed by atoms with Crippen LogP contribution in [0.4, 0.5) is 5.13 Å². The van der Waals surface area contributed by atoms with E-state index in [0.717, 1.165) is 60.7 Å². The van der Waals surface area contributed by atoms with E-state index in [1.54, 1.807) is 18.4 Å². The minimum Gasteiger partial charge on any atom is -0.497 e. The second-order valence-electron chi connectivity index (χ2n) is 8.22. The summed E-state index contributed by atoms with van der Waals surface area (Å²) >= 11 is 1.80. The molecule has 2 aromatic carbocycles. The summed E-state index contributed by atoms with van der Waals surface area (Å²) in [6, 6.07) is 14.8. The molecule has 2 aromatic heterocycles. The number of aromatic nitrogens is 2. The first kappa shape index (κ1) is 19.4. The van der Waals surface area contributed by atoms with Crippen LogP contribution in [0.2, 0.25) is 0 Å². The maximum absolute atomic E-state index is 6.64. The third kappa shape index (κ3) is 3.77. The highest BCUT2D eigenvalue weighted by Crippen LogP contribution is 2.32. The lowest BCUT2D eigenvalue weighted by Gasteiger charge is -2.34. The summed E-state index contributed by atoms with van der Waals surface area (Å²) in [6.45, 7) is 2.09. The molecule has 5 rings (SSSR count). The van der Waals surface area contributed by atoms with E-state index in [1.165, 1.54) is 15.6 Å². The molecule has 5 nitrogen and oxygen atoms in total. The van der Waals surface area contributed by atoms with Crippen molar-refractivity contribution in [3.8, 4) is 5.75 Å². The van der Waals surface area contributed by atoms with Gasteiger partial charge in [0.2, 0.25) is 0 Å². The number of benzene rings is 2. The summed E-state index contributed by atoms with van der Waals surface area (Å²) in [5, 5.41) is 2.39. The zero-order chi connectivity index (χ0) is 20.5. The van der Waals surface area contributed by atoms with Gasteiger partial charge in [-0.1, -0.05) is 23.5 Å². The molecule has 0 radical (unpaired) electrons. The summed E-state index contributed by atoms with van der Waals surface area (Å²) in [6.07, 6.45) is 6.40. The number of methoxy groups -OCH3 is 1. The second-order valence-corrected chi connectivity index (χ2v) is 9.23. The third-order valence-corrected chi connectivity index (χ3v) is 7.52. The van der Waals surface area contributed by atoms with Crippen LogP contribution in [-0.2, 0) is 6.42 Å². The molecular formula is C24H28N4OS. The quantitative estimate of drug-likeness (QED) is 0.462. The molecule has 1 saturated heterocycles. The molecule has 0 spiro atoms. The number of nitrogens with two attached hydrogens (primary N) is 1. The predicted molar refractivity (Wildman–Crippen MR) is 126 cm³/mol. The molecular weight excluding hydrogens is 392 g/mol. The number of hydrogen-bond acceptors (Lipinski definition) is 5. The molecule has 0 bridgehead atoms. The normalized spacial score (nSPS) is 16.4. The number of aromatic amines is 1. The Balaban J connectivity index is 1.18. The van der Waals surface area contributed by atoms with Crippen molar-refractivity contribution in [1.29, 1.82) is 0 Å². The molecule has 3 N–H and O–H groups in total. The summed E-state index contributed by atoms with van der Waals surface area (Å²) in [7, 11) is 1.71. The number of thiazole rings is 1. The van der Waals surface area contributed by atoms with E-state index in [4.69, 9.17) is 15.5 Å². The number of nitrogens with zero attached hydrogens (tertiary/aromatic N) is 2. The van der Waals surface area contributed by atoms with Gasteiger partial charge >= 0.3 is 0 Å². The number of piperidine rings is 1. The van der Waals surface area contributed by atoms with Crippen molar-refractivity contribution in [2.45, 2.75) is 31.7 Å². The smallest absolute Gasteiger partial charge is 0.186 e. The number of H-pyrrole nitrogens is 1. The fourth-order valence-corrected chi connectivity index (χ4v) is 5.58. The first-order valence-corrected chi connectivity index (χ1v) is 11.5. The molecule has 30 heavy (non-hydrogen) atoms. The minimum atomic E-state index is 0.234. The first-order valence-electron chi connectivity index (χ1n) is 10.7. The van der Waals surface area contributed by atoms with Crippen molar-refractivity contribution in [2.75, 3.05) is 25.1 Å². The summed E-state index contributed by atoms with van der Waals surface area (Å²) in [5.74, 6) is 1.48. The topological polar surface area (TPSA) is 67.2 Å². The zero-order valence-corrected chi connectivity index (χ0v) is 18.1. The lowest BCUT2D eigenvalue weighted by atomic mass is 9.87. The van der Waals surface area contributed by atoms with E-state index in [9.17, 15) is 0 Å². The third-order valence-electron chi connectivity index (χ3n) is 6.42. The lowest BCUT2D eigenvalue weighted by molar-refractivity contribution is 0.327. The van der Waals surface area contributed by atoms with Gasteiger partial charge in [0.15, 0.2) is 5.13 Å². The van der Waals surface area contributed by atoms with Crippen LogP contribution in [0.1, 0.15) is 24.8 Å². The number of rotatable bonds is 6. The second kappa shape index (κ2) is 8.28. The average molecular weight is 421 g/mol. The first-order chi connectivity index (χ1) is 14.7. The van der Waals surface area contributed by atoms with E-state index in [2.05, 4.69) is 52.5 Å². The van der Waals surface area contributed by atoms with Gasteiger partial charge in [-0.05, 0) is 67.5 Å². The van der Waals surface area contributed by atoms with Crippen molar-refractivity contribution in [1.82, 2.24) is 9.97 Å². The maximum Gasteiger partial charge on any atom is 0.186 e. The van der Waals surface area contributed by atoms with Gasteiger partial charge in [0.05, 0.1) is 17.3 Å². The number of nitrogens with one attached hydrogen (secondary N) is 1. The number of fused-ring (bicyclic) bond motifs is 2. The predicted octanol–water partition coefficient (Wildman–Crippen LogP) is 4.96. The minimum absolute atomic E-state index is 0.234. The van der Waals surface area contributed by atoms with Crippen molar-refractivity contribution < 1.29 is 4.74 Å². The van der Waals surface area contributed by atoms with Gasteiger partial charge in [-0.25, -0.2) is 4.98 Å². The maximum atomic E-state index is 6.64. The van der Waals surface area contributed by atoms with E-state index in [1.807, 2.05) is 6.07 Å². The van der Waals surface area contributed by atoms with Crippen LogP contribution in [-0.4, -0.2) is 36.2 Å². The number of aryl methyl sites for hydroxylation is 1. The Morgan fingerprint density at radius 2 is 2.07 bits per heavy atom. The molecule has 0 saturated carbocycles. The molecule has 1 unspecified atom stereocenters. The fourth-order valence-electron chi connectivity index (χ4n) is 4.56. The highest BCUT2D eigenvalue weighted by Gasteiger charge is 2.26. The van der Waals surface area contributed by atoms with Crippen molar-refractivity contribution in [2.24, 2.45) is 11.7 Å². The van der Waals surface area contributed by atoms with Crippen LogP contribution in [0, 0.1) is 5.92 Å². The molecule has 6 heteroatoms. The Kier molecular flexibility index (Phi) is 5.35. The Bertz CT molecular complexity index is 1110. The molecule has 1 aliphatic rings. The molecule has 3 heterocycles. The summed E-state index contributed by atoms with van der Waals surface area (Å²) in [5.41, 5.74) is 10.2. The van der Waals surface area contributed by atoms with Gasteiger partial charge in [0.25, 0.3) is 0 Å². The van der Waals surface area contributed by atoms with E-state index in [0.29, 0.717) is 5.92 Å². The summed E-state index contributed by atoms with van der Waals surface area (Å²) in [4.78, 5) is 10.6. The highest BCUT2D eigenvalue weighted by molar-refractivity contribution is 7.22. The van der Waals surface area contributed by atoms with Gasteiger partial charge in [-0.3, -0.25) is 0 Å². The molecule has 4 aromatic rings. The van der Waals surface area contributed by atoms with Crippen LogP contribution in [0.15, 0.2) is 48.7 Å². The van der Waals surface area contributed by atoms with Gasteiger partial charge in [0.1, 0.15) is 5.75 Å². The zero-order valence-electron chi connectivity index (χ0n) is 17.3. The fraction of sp³-hybridized carbons (Fsp3) is 0.375. The Hall–Kier alpha value is -2.57. The SMILES string of the molecule is COc1ccc2[nH]cc(CCC(N)C3CCN(c4nc5ccccc5s4)CC3)c2c1. The van der Waals surface area contributed by atoms with Crippen LogP contribution < -0.4 is 15.4 Å². The Labute approximate surface area is 180 Å². The van der Waals surface area contributed by atoms with Crippen LogP contribution in [0.3, 0.4) is 0 Å². The number of ether oxygens (including phenoxy) is 1. The molecule has 1 atom stereocenters. The van der Waals surface area contributed by atoms with Crippen LogP contribution in [0.5, 0.6) is 5.75 Å². The Morgan fingerprint density at radius 1 is 1.23 bits per heavy atom. The number of anilines is 1. The van der Waals surface area contributed by atoms with E-state index in [-0.39, 0.29) is 6.04 Å². The number of para-hydroxylation sites is 1. The van der Waals surface area contributed by atoms with E-state index >= 15 is 0 Å².